The molecule has 0 aliphatic heterocycles. The molecular weight excluding hydrogens is 361 g/mol. The van der Waals surface area contributed by atoms with Gasteiger partial charge in [0.2, 0.25) is 0 Å². The van der Waals surface area contributed by atoms with Crippen LogP contribution in [0.4, 0.5) is 13.2 Å². The molecule has 1 amide bonds. The number of carbonyl (C=O) groups is 2. The van der Waals surface area contributed by atoms with Gasteiger partial charge in [-0.15, -0.1) is 0 Å². The van der Waals surface area contributed by atoms with E-state index >= 15 is 0 Å². The molecule has 1 heterocycles. The average Bonchev–Trinajstić information content (AvgIpc) is 2.66. The Morgan fingerprint density at radius 1 is 1.19 bits per heavy atom. The second kappa shape index (κ2) is 8.66. The fraction of sp³-hybridized carbons (Fsp3) is 0.316. The lowest BCUT2D eigenvalue weighted by Gasteiger charge is -2.25. The Bertz CT molecular complexity index is 777. The summed E-state index contributed by atoms with van der Waals surface area (Å²) in [7, 11) is 1.25. The van der Waals surface area contributed by atoms with Crippen molar-refractivity contribution in [1.82, 2.24) is 9.88 Å². The number of carbonyl (C=O) groups excluding carboxylic acids is 2. The van der Waals surface area contributed by atoms with Crippen LogP contribution < -0.4 is 0 Å². The minimum absolute atomic E-state index is 0.0570. The number of halogens is 3. The maximum absolute atomic E-state index is 12.8. The number of alkyl halides is 3. The normalized spacial score (nSPS) is 12.3. The highest BCUT2D eigenvalue weighted by molar-refractivity contribution is 5.94. The van der Waals surface area contributed by atoms with Gasteiger partial charge in [0, 0.05) is 31.0 Å². The highest BCUT2D eigenvalue weighted by atomic mass is 19.4. The van der Waals surface area contributed by atoms with Gasteiger partial charge in [-0.3, -0.25) is 14.6 Å². The summed E-state index contributed by atoms with van der Waals surface area (Å²) in [5.41, 5.74) is -0.000396. The molecule has 0 radical (unpaired) electrons. The Morgan fingerprint density at radius 2 is 1.85 bits per heavy atom. The maximum atomic E-state index is 12.8. The van der Waals surface area contributed by atoms with Gasteiger partial charge >= 0.3 is 12.1 Å². The fourth-order valence-corrected chi connectivity index (χ4v) is 2.52. The smallest absolute Gasteiger partial charge is 0.416 e. The van der Waals surface area contributed by atoms with Crippen LogP contribution in [0.2, 0.25) is 0 Å². The standard InChI is InChI=1S/C19H19F3N2O3/c1-13(18(26)27-2)11-24(12-14-4-3-9-23-10-14)17(25)15-5-7-16(8-6-15)19(20,21)22/h3-10,13H,11-12H2,1-2H3. The molecule has 0 aliphatic rings. The topological polar surface area (TPSA) is 59.5 Å². The van der Waals surface area contributed by atoms with Crippen molar-refractivity contribution in [1.29, 1.82) is 0 Å². The Hall–Kier alpha value is -2.90. The average molecular weight is 380 g/mol. The monoisotopic (exact) mass is 380 g/mol. The largest absolute Gasteiger partial charge is 0.469 e. The van der Waals surface area contributed by atoms with Crippen molar-refractivity contribution in [3.8, 4) is 0 Å². The van der Waals surface area contributed by atoms with Crippen molar-refractivity contribution in [2.75, 3.05) is 13.7 Å². The van der Waals surface area contributed by atoms with E-state index in [1.807, 2.05) is 0 Å². The number of pyridine rings is 1. The number of hydrogen-bond acceptors (Lipinski definition) is 4. The maximum Gasteiger partial charge on any atom is 0.416 e. The van der Waals surface area contributed by atoms with Gasteiger partial charge in [-0.1, -0.05) is 13.0 Å². The molecule has 27 heavy (non-hydrogen) atoms. The molecule has 1 unspecified atom stereocenters. The number of ether oxygens (including phenoxy) is 1. The van der Waals surface area contributed by atoms with E-state index in [4.69, 9.17) is 0 Å². The van der Waals surface area contributed by atoms with E-state index in [1.165, 1.54) is 12.0 Å². The lowest BCUT2D eigenvalue weighted by atomic mass is 10.1. The summed E-state index contributed by atoms with van der Waals surface area (Å²) < 4.78 is 42.8. The molecule has 0 saturated carbocycles. The van der Waals surface area contributed by atoms with Crippen molar-refractivity contribution in [2.24, 2.45) is 5.92 Å². The molecule has 144 valence electrons. The molecule has 1 aromatic heterocycles. The predicted octanol–water partition coefficient (Wildman–Crippen LogP) is 3.55. The minimum Gasteiger partial charge on any atom is -0.469 e. The van der Waals surface area contributed by atoms with Crippen LogP contribution in [0.1, 0.15) is 28.4 Å². The van der Waals surface area contributed by atoms with Crippen LogP contribution in [-0.4, -0.2) is 35.4 Å². The number of amides is 1. The highest BCUT2D eigenvalue weighted by Gasteiger charge is 2.30. The van der Waals surface area contributed by atoms with Crippen LogP contribution in [0.3, 0.4) is 0 Å². The Balaban J connectivity index is 2.25. The third-order valence-corrected chi connectivity index (χ3v) is 3.94. The summed E-state index contributed by atoms with van der Waals surface area (Å²) in [6, 6.07) is 7.45. The van der Waals surface area contributed by atoms with E-state index in [-0.39, 0.29) is 18.7 Å². The molecule has 1 aromatic carbocycles. The zero-order valence-corrected chi connectivity index (χ0v) is 14.9. The molecule has 2 aromatic rings. The summed E-state index contributed by atoms with van der Waals surface area (Å²) in [6.45, 7) is 1.83. The van der Waals surface area contributed by atoms with Gasteiger partial charge in [0.15, 0.2) is 0 Å². The van der Waals surface area contributed by atoms with Crippen molar-refractivity contribution < 1.29 is 27.5 Å². The Labute approximate surface area is 154 Å². The van der Waals surface area contributed by atoms with Crippen molar-refractivity contribution >= 4 is 11.9 Å². The van der Waals surface area contributed by atoms with Crippen LogP contribution in [0, 0.1) is 5.92 Å². The lowest BCUT2D eigenvalue weighted by molar-refractivity contribution is -0.145. The van der Waals surface area contributed by atoms with Gasteiger partial charge in [-0.25, -0.2) is 0 Å². The molecule has 0 N–H and O–H groups in total. The predicted molar refractivity (Wildman–Crippen MR) is 91.6 cm³/mol. The Kier molecular flexibility index (Phi) is 6.55. The molecule has 0 aliphatic carbocycles. The quantitative estimate of drug-likeness (QED) is 0.719. The van der Waals surface area contributed by atoms with Gasteiger partial charge in [0.05, 0.1) is 18.6 Å². The van der Waals surface area contributed by atoms with Crippen LogP contribution in [0.5, 0.6) is 0 Å². The number of rotatable bonds is 6. The van der Waals surface area contributed by atoms with Gasteiger partial charge < -0.3 is 9.64 Å². The van der Waals surface area contributed by atoms with E-state index in [0.29, 0.717) is 0 Å². The number of aromatic nitrogens is 1. The van der Waals surface area contributed by atoms with Gasteiger partial charge in [0.1, 0.15) is 0 Å². The summed E-state index contributed by atoms with van der Waals surface area (Å²) in [5.74, 6) is -1.56. The van der Waals surface area contributed by atoms with E-state index < -0.39 is 29.5 Å². The van der Waals surface area contributed by atoms with Crippen LogP contribution >= 0.6 is 0 Å². The molecule has 1 atom stereocenters. The molecular formula is C19H19F3N2O3. The van der Waals surface area contributed by atoms with Crippen molar-refractivity contribution in [3.63, 3.8) is 0 Å². The van der Waals surface area contributed by atoms with Crippen LogP contribution in [-0.2, 0) is 22.3 Å². The van der Waals surface area contributed by atoms with Gasteiger partial charge in [-0.2, -0.15) is 13.2 Å². The molecule has 0 saturated heterocycles. The zero-order chi connectivity index (χ0) is 20.0. The first-order valence-electron chi connectivity index (χ1n) is 8.15. The van der Waals surface area contributed by atoms with Crippen LogP contribution in [0.15, 0.2) is 48.8 Å². The van der Waals surface area contributed by atoms with Crippen molar-refractivity contribution in [3.05, 3.63) is 65.5 Å². The molecule has 0 fully saturated rings. The summed E-state index contributed by atoms with van der Waals surface area (Å²) in [4.78, 5) is 29.9. The molecule has 5 nitrogen and oxygen atoms in total. The summed E-state index contributed by atoms with van der Waals surface area (Å²) in [6.07, 6.45) is -1.31. The van der Waals surface area contributed by atoms with E-state index in [0.717, 1.165) is 29.8 Å². The van der Waals surface area contributed by atoms with Gasteiger partial charge in [-0.05, 0) is 35.9 Å². The minimum atomic E-state index is -4.48. The Morgan fingerprint density at radius 3 is 2.37 bits per heavy atom. The first kappa shape index (κ1) is 20.4. The number of hydrogen-bond donors (Lipinski definition) is 0. The summed E-state index contributed by atoms with van der Waals surface area (Å²) >= 11 is 0. The number of benzene rings is 1. The third kappa shape index (κ3) is 5.54. The summed E-state index contributed by atoms with van der Waals surface area (Å²) in [5, 5.41) is 0. The van der Waals surface area contributed by atoms with Gasteiger partial charge in [0.25, 0.3) is 5.91 Å². The SMILES string of the molecule is COC(=O)C(C)CN(Cc1cccnc1)C(=O)c1ccc(C(F)(F)F)cc1. The molecule has 0 spiro atoms. The van der Waals surface area contributed by atoms with Crippen molar-refractivity contribution in [2.45, 2.75) is 19.6 Å². The highest BCUT2D eigenvalue weighted by Crippen LogP contribution is 2.29. The number of nitrogens with zero attached hydrogens (tertiary/aromatic N) is 2. The first-order valence-corrected chi connectivity index (χ1v) is 8.15. The van der Waals surface area contributed by atoms with E-state index in [1.54, 1.807) is 31.5 Å². The van der Waals surface area contributed by atoms with E-state index in [2.05, 4.69) is 9.72 Å². The first-order chi connectivity index (χ1) is 12.7. The molecule has 8 heteroatoms. The van der Waals surface area contributed by atoms with Crippen LogP contribution in [0.25, 0.3) is 0 Å². The third-order valence-electron chi connectivity index (χ3n) is 3.94. The zero-order valence-electron chi connectivity index (χ0n) is 14.9. The molecule has 0 bridgehead atoms. The molecule has 2 rings (SSSR count). The van der Waals surface area contributed by atoms with E-state index in [9.17, 15) is 22.8 Å². The second-order valence-corrected chi connectivity index (χ2v) is 6.05. The fourth-order valence-electron chi connectivity index (χ4n) is 2.52. The second-order valence-electron chi connectivity index (χ2n) is 6.05. The lowest BCUT2D eigenvalue weighted by Crippen LogP contribution is -2.37. The number of methoxy groups -OCH3 is 1. The number of esters is 1.